The first-order chi connectivity index (χ1) is 8.37. The molecule has 1 heterocycles. The lowest BCUT2D eigenvalue weighted by Gasteiger charge is -2.09. The standard InChI is InChI=1S/C10H8F3N3O2/c11-10(12,13)4-18-16-5-15-7-2-1-6(9(14)17)3-8(7)16/h1-3,5H,4H2,(H2,14,17). The highest BCUT2D eigenvalue weighted by Gasteiger charge is 2.29. The number of hydrogen-bond acceptors (Lipinski definition) is 3. The molecular formula is C10H8F3N3O2. The summed E-state index contributed by atoms with van der Waals surface area (Å²) in [4.78, 5) is 19.3. The Morgan fingerprint density at radius 3 is 2.78 bits per heavy atom. The van der Waals surface area contributed by atoms with Crippen LogP contribution in [-0.4, -0.2) is 28.4 Å². The summed E-state index contributed by atoms with van der Waals surface area (Å²) in [6.45, 7) is -1.45. The lowest BCUT2D eigenvalue weighted by molar-refractivity contribution is -0.173. The number of carbonyl (C=O) groups is 1. The van der Waals surface area contributed by atoms with E-state index in [1.54, 1.807) is 0 Å². The summed E-state index contributed by atoms with van der Waals surface area (Å²) in [5.41, 5.74) is 5.89. The van der Waals surface area contributed by atoms with Gasteiger partial charge < -0.3 is 10.6 Å². The number of carbonyl (C=O) groups excluding carboxylic acids is 1. The minimum absolute atomic E-state index is 0.167. The molecule has 0 fully saturated rings. The average Bonchev–Trinajstić information content (AvgIpc) is 2.67. The molecule has 0 aliphatic heterocycles. The van der Waals surface area contributed by atoms with Crippen molar-refractivity contribution < 1.29 is 22.8 Å². The summed E-state index contributed by atoms with van der Waals surface area (Å²) < 4.78 is 36.9. The van der Waals surface area contributed by atoms with Gasteiger partial charge in [0.25, 0.3) is 0 Å². The van der Waals surface area contributed by atoms with E-state index in [1.165, 1.54) is 18.2 Å². The van der Waals surface area contributed by atoms with Gasteiger partial charge in [0.2, 0.25) is 12.5 Å². The molecule has 0 aliphatic carbocycles. The monoisotopic (exact) mass is 259 g/mol. The fourth-order valence-corrected chi connectivity index (χ4v) is 1.38. The third-order valence-corrected chi connectivity index (χ3v) is 2.17. The molecule has 2 aromatic rings. The third-order valence-electron chi connectivity index (χ3n) is 2.17. The maximum atomic E-state index is 12.0. The van der Waals surface area contributed by atoms with Crippen molar-refractivity contribution in [1.29, 1.82) is 0 Å². The van der Waals surface area contributed by atoms with Crippen LogP contribution >= 0.6 is 0 Å². The fraction of sp³-hybridized carbons (Fsp3) is 0.200. The molecule has 5 nitrogen and oxygen atoms in total. The summed E-state index contributed by atoms with van der Waals surface area (Å²) in [5, 5.41) is 0. The lowest BCUT2D eigenvalue weighted by atomic mass is 10.2. The Kier molecular flexibility index (Phi) is 2.85. The summed E-state index contributed by atoms with van der Waals surface area (Å²) in [6, 6.07) is 4.23. The first kappa shape index (κ1) is 12.2. The number of fused-ring (bicyclic) bond motifs is 1. The molecule has 1 aromatic carbocycles. The van der Waals surface area contributed by atoms with Gasteiger partial charge >= 0.3 is 6.18 Å². The van der Waals surface area contributed by atoms with Crippen LogP contribution in [0.2, 0.25) is 0 Å². The second-order valence-corrected chi connectivity index (χ2v) is 3.53. The van der Waals surface area contributed by atoms with E-state index in [2.05, 4.69) is 9.82 Å². The molecule has 0 bridgehead atoms. The minimum Gasteiger partial charge on any atom is -0.403 e. The van der Waals surface area contributed by atoms with E-state index >= 15 is 0 Å². The maximum Gasteiger partial charge on any atom is 0.425 e. The van der Waals surface area contributed by atoms with Crippen molar-refractivity contribution in [2.45, 2.75) is 6.18 Å². The summed E-state index contributed by atoms with van der Waals surface area (Å²) in [5.74, 6) is -0.680. The van der Waals surface area contributed by atoms with Crippen molar-refractivity contribution >= 4 is 16.9 Å². The van der Waals surface area contributed by atoms with Gasteiger partial charge in [-0.15, -0.1) is 0 Å². The quantitative estimate of drug-likeness (QED) is 0.898. The number of nitrogens with two attached hydrogens (primary N) is 1. The van der Waals surface area contributed by atoms with Crippen LogP contribution in [0.1, 0.15) is 10.4 Å². The Hall–Kier alpha value is -2.25. The highest BCUT2D eigenvalue weighted by molar-refractivity contribution is 5.96. The molecule has 0 spiro atoms. The molecular weight excluding hydrogens is 251 g/mol. The number of nitrogens with zero attached hydrogens (tertiary/aromatic N) is 2. The van der Waals surface area contributed by atoms with Crippen LogP contribution in [-0.2, 0) is 0 Å². The van der Waals surface area contributed by atoms with Gasteiger partial charge in [-0.25, -0.2) is 4.98 Å². The van der Waals surface area contributed by atoms with E-state index in [4.69, 9.17) is 5.73 Å². The Balaban J connectivity index is 2.33. The lowest BCUT2D eigenvalue weighted by Crippen LogP contribution is -2.25. The van der Waals surface area contributed by atoms with Crippen LogP contribution in [0.4, 0.5) is 13.2 Å². The Labute approximate surface area is 98.9 Å². The third kappa shape index (κ3) is 2.53. The zero-order chi connectivity index (χ0) is 13.3. The Morgan fingerprint density at radius 1 is 1.44 bits per heavy atom. The van der Waals surface area contributed by atoms with E-state index in [9.17, 15) is 18.0 Å². The molecule has 2 rings (SSSR count). The van der Waals surface area contributed by atoms with Gasteiger partial charge in [0, 0.05) is 5.56 Å². The highest BCUT2D eigenvalue weighted by atomic mass is 19.4. The fourth-order valence-electron chi connectivity index (χ4n) is 1.38. The molecule has 2 N–H and O–H groups in total. The summed E-state index contributed by atoms with van der Waals surface area (Å²) >= 11 is 0. The SMILES string of the molecule is NC(=O)c1ccc2ncn(OCC(F)(F)F)c2c1. The van der Waals surface area contributed by atoms with E-state index < -0.39 is 18.7 Å². The van der Waals surface area contributed by atoms with Crippen molar-refractivity contribution in [3.05, 3.63) is 30.1 Å². The predicted octanol–water partition coefficient (Wildman–Crippen LogP) is 1.13. The largest absolute Gasteiger partial charge is 0.425 e. The van der Waals surface area contributed by atoms with Gasteiger partial charge in [0.15, 0.2) is 0 Å². The number of hydrogen-bond donors (Lipinski definition) is 1. The van der Waals surface area contributed by atoms with Crippen molar-refractivity contribution in [2.24, 2.45) is 5.73 Å². The normalized spacial score (nSPS) is 11.7. The average molecular weight is 259 g/mol. The van der Waals surface area contributed by atoms with Crippen LogP contribution in [0.3, 0.4) is 0 Å². The number of halogens is 3. The zero-order valence-electron chi connectivity index (χ0n) is 8.94. The molecule has 8 heteroatoms. The Bertz CT molecular complexity index is 592. The van der Waals surface area contributed by atoms with Gasteiger partial charge in [-0.3, -0.25) is 4.79 Å². The number of benzene rings is 1. The molecule has 0 aliphatic rings. The second-order valence-electron chi connectivity index (χ2n) is 3.53. The first-order valence-corrected chi connectivity index (χ1v) is 4.84. The molecule has 0 atom stereocenters. The van der Waals surface area contributed by atoms with E-state index in [0.717, 1.165) is 11.1 Å². The molecule has 0 unspecified atom stereocenters. The minimum atomic E-state index is -4.45. The van der Waals surface area contributed by atoms with Gasteiger partial charge in [0.1, 0.15) is 11.8 Å². The zero-order valence-corrected chi connectivity index (χ0v) is 8.94. The number of aromatic nitrogens is 2. The maximum absolute atomic E-state index is 12.0. The van der Waals surface area contributed by atoms with E-state index in [-0.39, 0.29) is 11.1 Å². The second kappa shape index (κ2) is 4.21. The predicted molar refractivity (Wildman–Crippen MR) is 55.8 cm³/mol. The van der Waals surface area contributed by atoms with Crippen molar-refractivity contribution in [1.82, 2.24) is 9.71 Å². The highest BCUT2D eigenvalue weighted by Crippen LogP contribution is 2.16. The van der Waals surface area contributed by atoms with Crippen LogP contribution in [0, 0.1) is 0 Å². The van der Waals surface area contributed by atoms with Crippen molar-refractivity contribution in [3.8, 4) is 0 Å². The molecule has 18 heavy (non-hydrogen) atoms. The molecule has 0 saturated heterocycles. The topological polar surface area (TPSA) is 70.1 Å². The van der Waals surface area contributed by atoms with Gasteiger partial charge in [-0.1, -0.05) is 0 Å². The van der Waals surface area contributed by atoms with Gasteiger partial charge in [0.05, 0.1) is 5.52 Å². The van der Waals surface area contributed by atoms with Crippen LogP contribution in [0.15, 0.2) is 24.5 Å². The van der Waals surface area contributed by atoms with Gasteiger partial charge in [-0.2, -0.15) is 17.9 Å². The van der Waals surface area contributed by atoms with Crippen LogP contribution < -0.4 is 10.6 Å². The molecule has 1 amide bonds. The van der Waals surface area contributed by atoms with Crippen molar-refractivity contribution in [3.63, 3.8) is 0 Å². The molecule has 96 valence electrons. The molecule has 0 saturated carbocycles. The molecule has 1 aromatic heterocycles. The first-order valence-electron chi connectivity index (χ1n) is 4.84. The van der Waals surface area contributed by atoms with Gasteiger partial charge in [-0.05, 0) is 18.2 Å². The number of amides is 1. The Morgan fingerprint density at radius 2 is 2.17 bits per heavy atom. The smallest absolute Gasteiger partial charge is 0.403 e. The summed E-state index contributed by atoms with van der Waals surface area (Å²) in [7, 11) is 0. The molecule has 0 radical (unpaired) electrons. The number of imidazole rings is 1. The number of rotatable bonds is 3. The van der Waals surface area contributed by atoms with Crippen LogP contribution in [0.25, 0.3) is 11.0 Å². The summed E-state index contributed by atoms with van der Waals surface area (Å²) in [6.07, 6.45) is -3.35. The van der Waals surface area contributed by atoms with Crippen LogP contribution in [0.5, 0.6) is 0 Å². The van der Waals surface area contributed by atoms with E-state index in [0.29, 0.717) is 5.52 Å². The van der Waals surface area contributed by atoms with Crippen molar-refractivity contribution in [2.75, 3.05) is 6.61 Å². The number of primary amides is 1. The number of alkyl halides is 3. The van der Waals surface area contributed by atoms with E-state index in [1.807, 2.05) is 0 Å².